The number of carbonyl (C=O) groups is 1. The van der Waals surface area contributed by atoms with Gasteiger partial charge >= 0.3 is 0 Å². The van der Waals surface area contributed by atoms with Crippen molar-refractivity contribution in [2.75, 3.05) is 25.0 Å². The summed E-state index contributed by atoms with van der Waals surface area (Å²) in [6, 6.07) is 8.40. The number of carbonyl (C=O) groups excluding carboxylic acids is 1. The predicted molar refractivity (Wildman–Crippen MR) is 99.1 cm³/mol. The van der Waals surface area contributed by atoms with E-state index in [9.17, 15) is 4.79 Å². The van der Waals surface area contributed by atoms with Crippen LogP contribution in [0.2, 0.25) is 0 Å². The molecular formula is C18H17N5O2S. The number of anilines is 1. The molecule has 0 bridgehead atoms. The second kappa shape index (κ2) is 6.08. The van der Waals surface area contributed by atoms with Gasteiger partial charge in [0.15, 0.2) is 0 Å². The zero-order chi connectivity index (χ0) is 17.7. The SMILES string of the molecule is Cc1nnc(-c2ccc3cnc(NC(=O)CN4CC5OCC54)cc3c2)s1. The third-order valence-electron chi connectivity index (χ3n) is 4.90. The van der Waals surface area contributed by atoms with Crippen molar-refractivity contribution < 1.29 is 9.53 Å². The molecule has 26 heavy (non-hydrogen) atoms. The number of benzene rings is 1. The highest BCUT2D eigenvalue weighted by atomic mass is 32.1. The topological polar surface area (TPSA) is 80.2 Å². The summed E-state index contributed by atoms with van der Waals surface area (Å²) in [6.07, 6.45) is 2.11. The van der Waals surface area contributed by atoms with E-state index in [1.807, 2.05) is 25.1 Å². The molecule has 0 spiro atoms. The Labute approximate surface area is 154 Å². The molecule has 2 aliphatic heterocycles. The summed E-state index contributed by atoms with van der Waals surface area (Å²) in [5, 5.41) is 15.0. The summed E-state index contributed by atoms with van der Waals surface area (Å²) in [4.78, 5) is 18.8. The van der Waals surface area contributed by atoms with Gasteiger partial charge in [0.2, 0.25) is 5.91 Å². The van der Waals surface area contributed by atoms with Crippen LogP contribution in [0.5, 0.6) is 0 Å². The largest absolute Gasteiger partial charge is 0.373 e. The Kier molecular flexibility index (Phi) is 3.70. The van der Waals surface area contributed by atoms with Crippen molar-refractivity contribution in [3.05, 3.63) is 35.5 Å². The molecule has 2 fully saturated rings. The van der Waals surface area contributed by atoms with Gasteiger partial charge in [0.05, 0.1) is 25.3 Å². The Morgan fingerprint density at radius 2 is 2.27 bits per heavy atom. The van der Waals surface area contributed by atoms with Crippen LogP contribution in [0.3, 0.4) is 0 Å². The number of ether oxygens (including phenoxy) is 1. The normalized spacial score (nSPS) is 21.7. The van der Waals surface area contributed by atoms with Crippen LogP contribution in [-0.2, 0) is 9.53 Å². The molecule has 2 unspecified atom stereocenters. The number of aryl methyl sites for hydroxylation is 1. The molecule has 2 aromatic heterocycles. The molecule has 1 N–H and O–H groups in total. The zero-order valence-corrected chi connectivity index (χ0v) is 15.0. The number of hydrogen-bond acceptors (Lipinski definition) is 7. The summed E-state index contributed by atoms with van der Waals surface area (Å²) in [6.45, 7) is 3.90. The van der Waals surface area contributed by atoms with E-state index < -0.39 is 0 Å². The van der Waals surface area contributed by atoms with Crippen molar-refractivity contribution >= 4 is 33.8 Å². The van der Waals surface area contributed by atoms with Crippen LogP contribution in [0, 0.1) is 6.92 Å². The fourth-order valence-corrected chi connectivity index (χ4v) is 4.05. The van der Waals surface area contributed by atoms with E-state index >= 15 is 0 Å². The summed E-state index contributed by atoms with van der Waals surface area (Å²) in [5.74, 6) is 0.521. The first-order valence-corrected chi connectivity index (χ1v) is 9.33. The molecule has 1 amide bonds. The minimum absolute atomic E-state index is 0.0434. The number of morpholine rings is 1. The second-order valence-corrected chi connectivity index (χ2v) is 7.86. The fourth-order valence-electron chi connectivity index (χ4n) is 3.37. The molecule has 4 heterocycles. The highest BCUT2D eigenvalue weighted by molar-refractivity contribution is 7.14. The number of pyridine rings is 1. The van der Waals surface area contributed by atoms with Crippen molar-refractivity contribution in [2.24, 2.45) is 0 Å². The Morgan fingerprint density at radius 3 is 2.96 bits per heavy atom. The van der Waals surface area contributed by atoms with Gasteiger partial charge in [-0.05, 0) is 24.4 Å². The lowest BCUT2D eigenvalue weighted by Gasteiger charge is -2.54. The Hall–Kier alpha value is -2.42. The van der Waals surface area contributed by atoms with Gasteiger partial charge in [0.1, 0.15) is 15.8 Å². The Morgan fingerprint density at radius 1 is 1.35 bits per heavy atom. The van der Waals surface area contributed by atoms with Gasteiger partial charge in [0, 0.05) is 23.7 Å². The molecule has 3 aromatic rings. The van der Waals surface area contributed by atoms with E-state index in [2.05, 4.69) is 31.5 Å². The molecule has 7 nitrogen and oxygen atoms in total. The van der Waals surface area contributed by atoms with Crippen LogP contribution in [0.15, 0.2) is 30.5 Å². The van der Waals surface area contributed by atoms with Gasteiger partial charge < -0.3 is 10.1 Å². The van der Waals surface area contributed by atoms with Crippen molar-refractivity contribution in [1.29, 1.82) is 0 Å². The lowest BCUT2D eigenvalue weighted by atomic mass is 9.95. The van der Waals surface area contributed by atoms with E-state index in [1.165, 1.54) is 0 Å². The van der Waals surface area contributed by atoms with Gasteiger partial charge in [-0.1, -0.05) is 23.5 Å². The first kappa shape index (κ1) is 15.8. The number of rotatable bonds is 4. The maximum absolute atomic E-state index is 12.3. The summed E-state index contributed by atoms with van der Waals surface area (Å²) >= 11 is 1.56. The number of nitrogens with one attached hydrogen (secondary N) is 1. The first-order valence-electron chi connectivity index (χ1n) is 8.51. The molecule has 2 saturated heterocycles. The molecular weight excluding hydrogens is 350 g/mol. The number of nitrogens with zero attached hydrogens (tertiary/aromatic N) is 4. The standard InChI is InChI=1S/C18H17N5O2S/c1-10-21-22-18(26-10)11-2-3-12-6-19-16(5-13(12)4-11)20-17(24)8-23-7-15-14(23)9-25-15/h2-6,14-15H,7-9H2,1H3,(H,19,20,24). The van der Waals surface area contributed by atoms with Gasteiger partial charge in [-0.15, -0.1) is 10.2 Å². The number of amides is 1. The Bertz CT molecular complexity index is 1000. The van der Waals surface area contributed by atoms with E-state index in [4.69, 9.17) is 4.74 Å². The van der Waals surface area contributed by atoms with Gasteiger partial charge in [-0.3, -0.25) is 9.69 Å². The minimum atomic E-state index is -0.0434. The van der Waals surface area contributed by atoms with E-state index in [0.717, 1.165) is 39.5 Å². The smallest absolute Gasteiger partial charge is 0.239 e. The van der Waals surface area contributed by atoms with Crippen molar-refractivity contribution in [1.82, 2.24) is 20.1 Å². The van der Waals surface area contributed by atoms with Gasteiger partial charge in [0.25, 0.3) is 0 Å². The maximum Gasteiger partial charge on any atom is 0.239 e. The monoisotopic (exact) mass is 367 g/mol. The molecule has 2 aliphatic rings. The molecule has 2 atom stereocenters. The fraction of sp³-hybridized carbons (Fsp3) is 0.333. The average Bonchev–Trinajstić information content (AvgIpc) is 3.04. The molecule has 5 rings (SSSR count). The lowest BCUT2D eigenvalue weighted by Crippen LogP contribution is -2.71. The van der Waals surface area contributed by atoms with E-state index in [1.54, 1.807) is 17.5 Å². The predicted octanol–water partition coefficient (Wildman–Crippen LogP) is 2.08. The zero-order valence-electron chi connectivity index (χ0n) is 14.2. The number of aromatic nitrogens is 3. The molecule has 0 saturated carbocycles. The number of likely N-dealkylation sites (tertiary alicyclic amines) is 1. The molecule has 0 aliphatic carbocycles. The van der Waals surface area contributed by atoms with Crippen LogP contribution in [0.25, 0.3) is 21.3 Å². The molecule has 1 aromatic carbocycles. The molecule has 0 radical (unpaired) electrons. The maximum atomic E-state index is 12.3. The van der Waals surface area contributed by atoms with Crippen LogP contribution in [0.4, 0.5) is 5.82 Å². The van der Waals surface area contributed by atoms with Crippen LogP contribution < -0.4 is 5.32 Å². The summed E-state index contributed by atoms with van der Waals surface area (Å²) < 4.78 is 5.36. The van der Waals surface area contributed by atoms with Crippen molar-refractivity contribution in [2.45, 2.75) is 19.1 Å². The van der Waals surface area contributed by atoms with Crippen LogP contribution >= 0.6 is 11.3 Å². The number of fused-ring (bicyclic) bond motifs is 2. The second-order valence-electron chi connectivity index (χ2n) is 6.67. The van der Waals surface area contributed by atoms with Crippen molar-refractivity contribution in [3.63, 3.8) is 0 Å². The van der Waals surface area contributed by atoms with Gasteiger partial charge in [-0.25, -0.2) is 4.98 Å². The lowest BCUT2D eigenvalue weighted by molar-refractivity contribution is -0.212. The first-order chi connectivity index (χ1) is 12.7. The quantitative estimate of drug-likeness (QED) is 0.761. The highest BCUT2D eigenvalue weighted by Gasteiger charge is 2.47. The average molecular weight is 367 g/mol. The minimum Gasteiger partial charge on any atom is -0.373 e. The van der Waals surface area contributed by atoms with Crippen LogP contribution in [0.1, 0.15) is 5.01 Å². The van der Waals surface area contributed by atoms with Crippen molar-refractivity contribution in [3.8, 4) is 10.6 Å². The summed E-state index contributed by atoms with van der Waals surface area (Å²) in [7, 11) is 0. The highest BCUT2D eigenvalue weighted by Crippen LogP contribution is 2.30. The summed E-state index contributed by atoms with van der Waals surface area (Å²) in [5.41, 5.74) is 1.02. The Balaban J connectivity index is 1.33. The van der Waals surface area contributed by atoms with E-state index in [-0.39, 0.29) is 5.91 Å². The third-order valence-corrected chi connectivity index (χ3v) is 5.79. The van der Waals surface area contributed by atoms with E-state index in [0.29, 0.717) is 24.5 Å². The molecule has 132 valence electrons. The number of hydrogen-bond donors (Lipinski definition) is 1. The van der Waals surface area contributed by atoms with Gasteiger partial charge in [-0.2, -0.15) is 0 Å². The molecule has 8 heteroatoms. The third kappa shape index (κ3) is 2.76. The van der Waals surface area contributed by atoms with Crippen LogP contribution in [-0.4, -0.2) is 57.8 Å².